The third kappa shape index (κ3) is 4.66. The van der Waals surface area contributed by atoms with Gasteiger partial charge in [-0.1, -0.05) is 11.2 Å². The Morgan fingerprint density at radius 2 is 1.88 bits per heavy atom. The van der Waals surface area contributed by atoms with Crippen molar-refractivity contribution in [3.05, 3.63) is 70.1 Å². The van der Waals surface area contributed by atoms with Crippen molar-refractivity contribution in [3.63, 3.8) is 0 Å². The van der Waals surface area contributed by atoms with Gasteiger partial charge in [0, 0.05) is 40.2 Å². The lowest BCUT2D eigenvalue weighted by Crippen LogP contribution is -2.52. The fraction of sp³-hybridized carbons (Fsp3) is 0.400. The lowest BCUT2D eigenvalue weighted by Gasteiger charge is -2.38. The van der Waals surface area contributed by atoms with Gasteiger partial charge in [0.25, 0.3) is 5.91 Å². The summed E-state index contributed by atoms with van der Waals surface area (Å²) in [6, 6.07) is 2.19. The largest absolute Gasteiger partial charge is 0.489 e. The standard InChI is InChI=1S/C30H27F3N6O4/c1-13-10-34-14(2)20(13)24-19(32)9-16(11-35-24)36-28(40)25(37-29(41)26-23(15-3-4-15)38-43-39-26)21-17-5-6-18(31)22(33)27(17)42-12-30(21)7-8-30/h5-6,9,11,15,21,25H,3-4,7-8,10,12H2,1-2H3,(H,36,40)(H,37,41)/t21?,25-/m0/s1. The van der Waals surface area contributed by atoms with E-state index in [4.69, 9.17) is 9.37 Å². The van der Waals surface area contributed by atoms with Crippen LogP contribution in [0.2, 0.25) is 0 Å². The van der Waals surface area contributed by atoms with Crippen molar-refractivity contribution in [2.24, 2.45) is 10.4 Å². The number of rotatable bonds is 7. The van der Waals surface area contributed by atoms with Crippen LogP contribution in [-0.4, -0.2) is 52.0 Å². The molecule has 3 aromatic rings. The highest BCUT2D eigenvalue weighted by Crippen LogP contribution is 2.61. The molecule has 222 valence electrons. The van der Waals surface area contributed by atoms with E-state index >= 15 is 4.39 Å². The van der Waals surface area contributed by atoms with Crippen molar-refractivity contribution in [1.82, 2.24) is 20.6 Å². The van der Waals surface area contributed by atoms with Crippen LogP contribution in [0.15, 0.2) is 39.6 Å². The molecule has 1 spiro atoms. The predicted octanol–water partition coefficient (Wildman–Crippen LogP) is 4.70. The Bertz CT molecular complexity index is 1740. The minimum atomic E-state index is -1.30. The zero-order valence-corrected chi connectivity index (χ0v) is 23.3. The van der Waals surface area contributed by atoms with Gasteiger partial charge in [0.2, 0.25) is 11.7 Å². The number of allylic oxidation sites excluding steroid dienone is 1. The average Bonchev–Trinajstić information content (AvgIpc) is 3.90. The molecule has 0 saturated heterocycles. The molecule has 2 fully saturated rings. The van der Waals surface area contributed by atoms with Crippen LogP contribution < -0.4 is 15.4 Å². The first-order valence-corrected chi connectivity index (χ1v) is 14.1. The first-order valence-electron chi connectivity index (χ1n) is 14.1. The first kappa shape index (κ1) is 27.3. The van der Waals surface area contributed by atoms with Gasteiger partial charge in [-0.2, -0.15) is 4.39 Å². The molecule has 0 bridgehead atoms. The molecular formula is C30H27F3N6O4. The molecule has 0 radical (unpaired) electrons. The van der Waals surface area contributed by atoms with Gasteiger partial charge in [0.15, 0.2) is 23.1 Å². The summed E-state index contributed by atoms with van der Waals surface area (Å²) in [5.74, 6) is -5.37. The molecular weight excluding hydrogens is 565 g/mol. The zero-order valence-electron chi connectivity index (χ0n) is 23.3. The molecule has 2 atom stereocenters. The molecule has 4 aliphatic rings. The van der Waals surface area contributed by atoms with Crippen LogP contribution in [0.25, 0.3) is 5.57 Å². The van der Waals surface area contributed by atoms with Crippen molar-refractivity contribution in [3.8, 4) is 5.75 Å². The molecule has 1 aromatic carbocycles. The second kappa shape index (κ2) is 10.0. The molecule has 7 rings (SSSR count). The predicted molar refractivity (Wildman–Crippen MR) is 147 cm³/mol. The summed E-state index contributed by atoms with van der Waals surface area (Å²) < 4.78 is 54.8. The molecule has 2 aliphatic carbocycles. The third-order valence-electron chi connectivity index (χ3n) is 8.75. The van der Waals surface area contributed by atoms with Gasteiger partial charge in [0.05, 0.1) is 25.0 Å². The maximum absolute atomic E-state index is 15.3. The highest BCUT2D eigenvalue weighted by Gasteiger charge is 2.58. The van der Waals surface area contributed by atoms with Crippen LogP contribution in [0.1, 0.15) is 78.8 Å². The molecule has 43 heavy (non-hydrogen) atoms. The number of amides is 2. The van der Waals surface area contributed by atoms with Crippen molar-refractivity contribution in [2.75, 3.05) is 18.5 Å². The minimum absolute atomic E-state index is 0.0315. The van der Waals surface area contributed by atoms with Crippen LogP contribution in [-0.2, 0) is 4.79 Å². The number of pyridine rings is 1. The Morgan fingerprint density at radius 1 is 1.09 bits per heavy atom. The van der Waals surface area contributed by atoms with Crippen molar-refractivity contribution in [1.29, 1.82) is 0 Å². The van der Waals surface area contributed by atoms with Gasteiger partial charge in [-0.15, -0.1) is 0 Å². The highest BCUT2D eigenvalue weighted by atomic mass is 19.2. The maximum atomic E-state index is 15.3. The number of benzene rings is 1. The fourth-order valence-corrected chi connectivity index (χ4v) is 6.20. The summed E-state index contributed by atoms with van der Waals surface area (Å²) >= 11 is 0. The van der Waals surface area contributed by atoms with Gasteiger partial charge in [-0.25, -0.2) is 13.4 Å². The number of nitrogens with one attached hydrogen (secondary N) is 2. The number of hydrogen-bond acceptors (Lipinski definition) is 8. The molecule has 4 heterocycles. The molecule has 1 unspecified atom stereocenters. The number of ether oxygens (including phenoxy) is 1. The summed E-state index contributed by atoms with van der Waals surface area (Å²) in [4.78, 5) is 36.1. The van der Waals surface area contributed by atoms with Crippen molar-refractivity contribution >= 4 is 28.8 Å². The maximum Gasteiger partial charge on any atom is 0.276 e. The lowest BCUT2D eigenvalue weighted by molar-refractivity contribution is -0.119. The van der Waals surface area contributed by atoms with E-state index in [0.29, 0.717) is 36.4 Å². The number of anilines is 1. The van der Waals surface area contributed by atoms with E-state index in [1.807, 2.05) is 6.92 Å². The number of aliphatic imine (C=N–C) groups is 1. The SMILES string of the molecule is CC1=NCC(C)=C1c1ncc(NC(=O)[C@@H](NC(=O)c2nonc2C2CC2)C2c3ccc(F)c(F)c3OCC23CC3)cc1F. The lowest BCUT2D eigenvalue weighted by atomic mass is 9.75. The van der Waals surface area contributed by atoms with E-state index in [0.717, 1.165) is 30.5 Å². The first-order chi connectivity index (χ1) is 20.7. The van der Waals surface area contributed by atoms with Crippen LogP contribution >= 0.6 is 0 Å². The molecule has 2 aromatic heterocycles. The zero-order chi connectivity index (χ0) is 30.0. The Hall–Kier alpha value is -4.55. The summed E-state index contributed by atoms with van der Waals surface area (Å²) in [5.41, 5.74) is 2.36. The van der Waals surface area contributed by atoms with E-state index in [1.165, 1.54) is 12.3 Å². The fourth-order valence-electron chi connectivity index (χ4n) is 6.20. The van der Waals surface area contributed by atoms with E-state index in [9.17, 15) is 18.4 Å². The van der Waals surface area contributed by atoms with Gasteiger partial charge >= 0.3 is 0 Å². The van der Waals surface area contributed by atoms with E-state index in [-0.39, 0.29) is 40.9 Å². The summed E-state index contributed by atoms with van der Waals surface area (Å²) in [6.45, 7) is 4.13. The summed E-state index contributed by atoms with van der Waals surface area (Å²) in [7, 11) is 0. The van der Waals surface area contributed by atoms with Crippen molar-refractivity contribution in [2.45, 2.75) is 57.4 Å². The Labute approximate surface area is 243 Å². The number of aromatic nitrogens is 3. The van der Waals surface area contributed by atoms with E-state index in [2.05, 4.69) is 30.9 Å². The normalized spacial score (nSPS) is 20.8. The number of hydrogen-bond donors (Lipinski definition) is 2. The third-order valence-corrected chi connectivity index (χ3v) is 8.75. The Balaban J connectivity index is 1.24. The quantitative estimate of drug-likeness (QED) is 0.407. The molecule has 2 N–H and O–H groups in total. The van der Waals surface area contributed by atoms with Gasteiger partial charge < -0.3 is 15.4 Å². The number of halogens is 3. The Kier molecular flexibility index (Phi) is 6.36. The van der Waals surface area contributed by atoms with Crippen molar-refractivity contribution < 1.29 is 32.1 Å². The highest BCUT2D eigenvalue weighted by molar-refractivity contribution is 6.24. The second-order valence-corrected chi connectivity index (χ2v) is 11.7. The minimum Gasteiger partial charge on any atom is -0.489 e. The molecule has 2 amide bonds. The molecule has 10 nitrogen and oxygen atoms in total. The number of carbonyl (C=O) groups excluding carboxylic acids is 2. The van der Waals surface area contributed by atoms with Crippen LogP contribution in [0.4, 0.5) is 18.9 Å². The number of fused-ring (bicyclic) bond motifs is 1. The Morgan fingerprint density at radius 3 is 2.56 bits per heavy atom. The smallest absolute Gasteiger partial charge is 0.276 e. The van der Waals surface area contributed by atoms with Crippen LogP contribution in [0.3, 0.4) is 0 Å². The average molecular weight is 593 g/mol. The van der Waals surface area contributed by atoms with Gasteiger partial charge in [0.1, 0.15) is 17.4 Å². The topological polar surface area (TPSA) is 132 Å². The molecule has 13 heteroatoms. The molecule has 2 aliphatic heterocycles. The number of carbonyl (C=O) groups is 2. The van der Waals surface area contributed by atoms with Gasteiger partial charge in [-0.05, 0) is 56.3 Å². The van der Waals surface area contributed by atoms with Crippen LogP contribution in [0.5, 0.6) is 5.75 Å². The molecule has 2 saturated carbocycles. The van der Waals surface area contributed by atoms with Crippen LogP contribution in [0, 0.1) is 22.9 Å². The monoisotopic (exact) mass is 592 g/mol. The van der Waals surface area contributed by atoms with E-state index < -0.39 is 46.6 Å². The summed E-state index contributed by atoms with van der Waals surface area (Å²) in [6.07, 6.45) is 4.25. The second-order valence-electron chi connectivity index (χ2n) is 11.7. The van der Waals surface area contributed by atoms with Gasteiger partial charge in [-0.3, -0.25) is 19.6 Å². The number of nitrogens with zero attached hydrogens (tertiary/aromatic N) is 4. The summed E-state index contributed by atoms with van der Waals surface area (Å²) in [5, 5.41) is 13.1. The van der Waals surface area contributed by atoms with E-state index in [1.54, 1.807) is 6.92 Å².